The smallest absolute Gasteiger partial charge is 0.326 e. The number of thiol groups is 1. The SMILES string of the molecule is O=C(O)CCC(=O)N[C@@H](CCS)C(=O)O. The van der Waals surface area contributed by atoms with Gasteiger partial charge in [0.25, 0.3) is 0 Å². The summed E-state index contributed by atoms with van der Waals surface area (Å²) in [5.74, 6) is -2.48. The van der Waals surface area contributed by atoms with Crippen molar-refractivity contribution in [2.45, 2.75) is 25.3 Å². The van der Waals surface area contributed by atoms with E-state index in [-0.39, 0.29) is 19.3 Å². The predicted molar refractivity (Wildman–Crippen MR) is 54.9 cm³/mol. The summed E-state index contributed by atoms with van der Waals surface area (Å²) >= 11 is 3.85. The molecule has 0 saturated heterocycles. The van der Waals surface area contributed by atoms with Gasteiger partial charge in [0.05, 0.1) is 6.42 Å². The van der Waals surface area contributed by atoms with Gasteiger partial charge in [0.15, 0.2) is 0 Å². The Labute approximate surface area is 92.1 Å². The number of aliphatic carboxylic acids is 2. The fourth-order valence-corrected chi connectivity index (χ4v) is 1.13. The number of carbonyl (C=O) groups excluding carboxylic acids is 1. The third-order valence-electron chi connectivity index (χ3n) is 1.62. The summed E-state index contributed by atoms with van der Waals surface area (Å²) in [5, 5.41) is 19.2. The molecule has 0 fully saturated rings. The average molecular weight is 235 g/mol. The molecule has 6 nitrogen and oxygen atoms in total. The Hall–Kier alpha value is -1.24. The Morgan fingerprint density at radius 1 is 1.20 bits per heavy atom. The molecule has 7 heteroatoms. The molecule has 0 aromatic rings. The van der Waals surface area contributed by atoms with Crippen LogP contribution in [0.15, 0.2) is 0 Å². The second-order valence-electron chi connectivity index (χ2n) is 2.86. The van der Waals surface area contributed by atoms with Crippen molar-refractivity contribution >= 4 is 30.5 Å². The van der Waals surface area contributed by atoms with Crippen LogP contribution in [0.2, 0.25) is 0 Å². The number of carboxylic acids is 2. The highest BCUT2D eigenvalue weighted by molar-refractivity contribution is 7.80. The molecular weight excluding hydrogens is 222 g/mol. The molecular formula is C8H13NO5S. The quantitative estimate of drug-likeness (QED) is 0.455. The number of amides is 1. The fourth-order valence-electron chi connectivity index (χ4n) is 0.873. The minimum atomic E-state index is -1.15. The molecule has 3 N–H and O–H groups in total. The maximum absolute atomic E-state index is 11.1. The molecule has 15 heavy (non-hydrogen) atoms. The lowest BCUT2D eigenvalue weighted by Gasteiger charge is -2.12. The Morgan fingerprint density at radius 3 is 2.20 bits per heavy atom. The van der Waals surface area contributed by atoms with E-state index in [0.29, 0.717) is 5.75 Å². The van der Waals surface area contributed by atoms with Crippen molar-refractivity contribution in [3.8, 4) is 0 Å². The van der Waals surface area contributed by atoms with E-state index >= 15 is 0 Å². The van der Waals surface area contributed by atoms with Gasteiger partial charge in [-0.25, -0.2) is 4.79 Å². The first-order valence-electron chi connectivity index (χ1n) is 4.32. The highest BCUT2D eigenvalue weighted by Gasteiger charge is 2.18. The summed E-state index contributed by atoms with van der Waals surface area (Å²) in [6, 6.07) is -0.996. The Balaban J connectivity index is 3.99. The van der Waals surface area contributed by atoms with E-state index in [1.807, 2.05) is 0 Å². The molecule has 0 rings (SSSR count). The van der Waals surface area contributed by atoms with Crippen LogP contribution in [0.3, 0.4) is 0 Å². The molecule has 0 aromatic heterocycles. The first-order valence-corrected chi connectivity index (χ1v) is 4.95. The third kappa shape index (κ3) is 6.78. The largest absolute Gasteiger partial charge is 0.481 e. The molecule has 0 aromatic carbocycles. The van der Waals surface area contributed by atoms with Gasteiger partial charge in [0.1, 0.15) is 6.04 Å². The van der Waals surface area contributed by atoms with Crippen LogP contribution < -0.4 is 5.32 Å². The lowest BCUT2D eigenvalue weighted by molar-refractivity contribution is -0.142. The van der Waals surface area contributed by atoms with E-state index in [0.717, 1.165) is 0 Å². The van der Waals surface area contributed by atoms with Crippen LogP contribution in [0, 0.1) is 0 Å². The van der Waals surface area contributed by atoms with Crippen molar-refractivity contribution in [2.24, 2.45) is 0 Å². The topological polar surface area (TPSA) is 104 Å². The maximum atomic E-state index is 11.1. The first kappa shape index (κ1) is 13.8. The van der Waals surface area contributed by atoms with Gasteiger partial charge >= 0.3 is 11.9 Å². The normalized spacial score (nSPS) is 11.8. The number of nitrogens with one attached hydrogen (secondary N) is 1. The third-order valence-corrected chi connectivity index (χ3v) is 1.88. The number of carboxylic acid groups (broad SMARTS) is 2. The van der Waals surface area contributed by atoms with Crippen molar-refractivity contribution in [3.05, 3.63) is 0 Å². The minimum Gasteiger partial charge on any atom is -0.481 e. The highest BCUT2D eigenvalue weighted by Crippen LogP contribution is 1.97. The van der Waals surface area contributed by atoms with Gasteiger partial charge in [-0.15, -0.1) is 0 Å². The molecule has 1 amide bonds. The van der Waals surface area contributed by atoms with Crippen LogP contribution >= 0.6 is 12.6 Å². The van der Waals surface area contributed by atoms with Gasteiger partial charge in [0, 0.05) is 6.42 Å². The van der Waals surface area contributed by atoms with E-state index in [2.05, 4.69) is 17.9 Å². The fraction of sp³-hybridized carbons (Fsp3) is 0.625. The maximum Gasteiger partial charge on any atom is 0.326 e. The van der Waals surface area contributed by atoms with E-state index in [1.165, 1.54) is 0 Å². The minimum absolute atomic E-state index is 0.206. The lowest BCUT2D eigenvalue weighted by atomic mass is 10.2. The van der Waals surface area contributed by atoms with Crippen molar-refractivity contribution < 1.29 is 24.6 Å². The molecule has 0 aliphatic carbocycles. The Morgan fingerprint density at radius 2 is 1.80 bits per heavy atom. The van der Waals surface area contributed by atoms with Crippen molar-refractivity contribution in [3.63, 3.8) is 0 Å². The van der Waals surface area contributed by atoms with Crippen molar-refractivity contribution in [1.29, 1.82) is 0 Å². The molecule has 0 unspecified atom stereocenters. The second-order valence-corrected chi connectivity index (χ2v) is 3.31. The molecule has 86 valence electrons. The van der Waals surface area contributed by atoms with E-state index in [4.69, 9.17) is 10.2 Å². The molecule has 0 spiro atoms. The van der Waals surface area contributed by atoms with Gasteiger partial charge in [-0.3, -0.25) is 9.59 Å². The van der Waals surface area contributed by atoms with Crippen LogP contribution in [0.25, 0.3) is 0 Å². The van der Waals surface area contributed by atoms with E-state index in [9.17, 15) is 14.4 Å². The zero-order valence-corrected chi connectivity index (χ0v) is 8.87. The van der Waals surface area contributed by atoms with Crippen LogP contribution in [0.5, 0.6) is 0 Å². The zero-order chi connectivity index (χ0) is 11.8. The second kappa shape index (κ2) is 7.10. The Bertz CT molecular complexity index is 255. The van der Waals surface area contributed by atoms with Crippen molar-refractivity contribution in [2.75, 3.05) is 5.75 Å². The van der Waals surface area contributed by atoms with Gasteiger partial charge in [-0.2, -0.15) is 12.6 Å². The number of hydrogen-bond acceptors (Lipinski definition) is 4. The summed E-state index contributed by atoms with van der Waals surface area (Å²) in [7, 11) is 0. The van der Waals surface area contributed by atoms with Gasteiger partial charge in [-0.05, 0) is 12.2 Å². The van der Waals surface area contributed by atoms with E-state index in [1.54, 1.807) is 0 Å². The van der Waals surface area contributed by atoms with Crippen LogP contribution in [-0.2, 0) is 14.4 Å². The van der Waals surface area contributed by atoms with Crippen LogP contribution in [-0.4, -0.2) is 39.9 Å². The molecule has 0 aliphatic heterocycles. The first-order chi connectivity index (χ1) is 6.97. The number of rotatable bonds is 7. The van der Waals surface area contributed by atoms with Crippen molar-refractivity contribution in [1.82, 2.24) is 5.32 Å². The predicted octanol–water partition coefficient (Wildman–Crippen LogP) is -0.260. The summed E-state index contributed by atoms with van der Waals surface area (Å²) < 4.78 is 0. The van der Waals surface area contributed by atoms with Gasteiger partial charge in [0.2, 0.25) is 5.91 Å². The van der Waals surface area contributed by atoms with Gasteiger partial charge < -0.3 is 15.5 Å². The summed E-state index contributed by atoms with van der Waals surface area (Å²) in [6.07, 6.45) is -0.317. The molecule has 0 radical (unpaired) electrons. The van der Waals surface area contributed by atoms with Crippen LogP contribution in [0.1, 0.15) is 19.3 Å². The Kier molecular flexibility index (Phi) is 6.52. The average Bonchev–Trinajstić information content (AvgIpc) is 2.14. The molecule has 0 aliphatic rings. The standard InChI is InChI=1S/C8H13NO5S/c10-6(1-2-7(11)12)9-5(3-4-15)8(13)14/h5,15H,1-4H2,(H,9,10)(H,11,12)(H,13,14)/t5-/m0/s1. The zero-order valence-electron chi connectivity index (χ0n) is 7.97. The summed E-state index contributed by atoms with van der Waals surface area (Å²) in [5.41, 5.74) is 0. The molecule has 0 saturated carbocycles. The molecule has 0 bridgehead atoms. The lowest BCUT2D eigenvalue weighted by Crippen LogP contribution is -2.41. The van der Waals surface area contributed by atoms with Crippen LogP contribution in [0.4, 0.5) is 0 Å². The molecule has 0 heterocycles. The highest BCUT2D eigenvalue weighted by atomic mass is 32.1. The van der Waals surface area contributed by atoms with E-state index < -0.39 is 23.9 Å². The monoisotopic (exact) mass is 235 g/mol. The number of carbonyl (C=O) groups is 3. The summed E-state index contributed by atoms with van der Waals surface area (Å²) in [4.78, 5) is 31.8. The summed E-state index contributed by atoms with van der Waals surface area (Å²) in [6.45, 7) is 0. The molecule has 1 atom stereocenters. The van der Waals surface area contributed by atoms with Gasteiger partial charge in [-0.1, -0.05) is 0 Å². The number of hydrogen-bond donors (Lipinski definition) is 4.